The highest BCUT2D eigenvalue weighted by atomic mass is 32.2. The Morgan fingerprint density at radius 2 is 1.62 bits per heavy atom. The van der Waals surface area contributed by atoms with Crippen molar-refractivity contribution < 1.29 is 22.7 Å². The van der Waals surface area contributed by atoms with Gasteiger partial charge in [-0.05, 0) is 31.5 Å². The summed E-state index contributed by atoms with van der Waals surface area (Å²) in [4.78, 5) is 12.6. The van der Waals surface area contributed by atoms with Gasteiger partial charge in [0.1, 0.15) is 5.76 Å². The molecule has 1 heterocycles. The van der Waals surface area contributed by atoms with E-state index in [4.69, 9.17) is 9.47 Å². The van der Waals surface area contributed by atoms with E-state index in [-0.39, 0.29) is 22.8 Å². The maximum absolute atomic E-state index is 13.2. The topological polar surface area (TPSA) is 69.7 Å². The molecule has 6 heteroatoms. The number of esters is 1. The largest absolute Gasteiger partial charge is 0.477 e. The Bertz CT molecular complexity index is 917. The van der Waals surface area contributed by atoms with Crippen molar-refractivity contribution in [3.63, 3.8) is 0 Å². The zero-order valence-electron chi connectivity index (χ0n) is 14.6. The summed E-state index contributed by atoms with van der Waals surface area (Å²) in [5.74, 6) is -1.02. The molecule has 0 N–H and O–H groups in total. The minimum absolute atomic E-state index is 0.156. The standard InChI is InChI=1S/C20H20O5S/c1-3-24-19(21)17-14(2)25-20(18(17)15-10-6-4-7-11-15)26(22,23)16-12-8-5-9-13-16/h4-13,18,20H,3H2,1-2H3/t18-,20+/m0/s1. The van der Waals surface area contributed by atoms with Crippen molar-refractivity contribution in [3.8, 4) is 0 Å². The Hall–Kier alpha value is -2.60. The van der Waals surface area contributed by atoms with E-state index in [2.05, 4.69) is 0 Å². The van der Waals surface area contributed by atoms with Crippen molar-refractivity contribution in [2.24, 2.45) is 0 Å². The van der Waals surface area contributed by atoms with Crippen molar-refractivity contribution in [1.29, 1.82) is 0 Å². The molecule has 0 fully saturated rings. The first-order valence-corrected chi connectivity index (χ1v) is 9.90. The van der Waals surface area contributed by atoms with Gasteiger partial charge in [0.15, 0.2) is 0 Å². The quantitative estimate of drug-likeness (QED) is 0.752. The fourth-order valence-corrected chi connectivity index (χ4v) is 4.84. The van der Waals surface area contributed by atoms with Crippen LogP contribution < -0.4 is 0 Å². The molecular weight excluding hydrogens is 352 g/mol. The highest BCUT2D eigenvalue weighted by molar-refractivity contribution is 7.92. The van der Waals surface area contributed by atoms with E-state index in [1.165, 1.54) is 12.1 Å². The normalized spacial score (nSPS) is 19.9. The van der Waals surface area contributed by atoms with Crippen LogP contribution in [-0.4, -0.2) is 26.4 Å². The van der Waals surface area contributed by atoms with Crippen LogP contribution in [0.3, 0.4) is 0 Å². The Kier molecular flexibility index (Phi) is 5.13. The number of rotatable bonds is 5. The highest BCUT2D eigenvalue weighted by Gasteiger charge is 2.47. The summed E-state index contributed by atoms with van der Waals surface area (Å²) in [7, 11) is -3.82. The molecule has 1 aliphatic heterocycles. The Balaban J connectivity index is 2.11. The highest BCUT2D eigenvalue weighted by Crippen LogP contribution is 2.43. The van der Waals surface area contributed by atoms with Crippen molar-refractivity contribution in [1.82, 2.24) is 0 Å². The number of benzene rings is 2. The molecule has 0 aromatic heterocycles. The second-order valence-corrected chi connectivity index (χ2v) is 7.95. The van der Waals surface area contributed by atoms with Crippen LogP contribution in [0.5, 0.6) is 0 Å². The summed E-state index contributed by atoms with van der Waals surface area (Å²) in [6.07, 6.45) is 0. The van der Waals surface area contributed by atoms with Gasteiger partial charge in [-0.3, -0.25) is 0 Å². The molecule has 0 saturated carbocycles. The van der Waals surface area contributed by atoms with Gasteiger partial charge >= 0.3 is 5.97 Å². The SMILES string of the molecule is CCOC(=O)C1=C(C)O[C@H](S(=O)(=O)c2ccccc2)[C@H]1c1ccccc1. The first-order chi connectivity index (χ1) is 12.5. The van der Waals surface area contributed by atoms with Gasteiger partial charge in [-0.15, -0.1) is 0 Å². The molecule has 136 valence electrons. The monoisotopic (exact) mass is 372 g/mol. The third-order valence-electron chi connectivity index (χ3n) is 4.29. The van der Waals surface area contributed by atoms with Crippen LogP contribution in [0.15, 0.2) is 76.9 Å². The van der Waals surface area contributed by atoms with E-state index in [1.54, 1.807) is 56.3 Å². The fourth-order valence-electron chi connectivity index (χ4n) is 3.11. The van der Waals surface area contributed by atoms with Crippen molar-refractivity contribution >= 4 is 15.8 Å². The lowest BCUT2D eigenvalue weighted by Gasteiger charge is -2.21. The Morgan fingerprint density at radius 1 is 1.04 bits per heavy atom. The molecule has 0 bridgehead atoms. The maximum atomic E-state index is 13.2. The van der Waals surface area contributed by atoms with Crippen LogP contribution in [0.25, 0.3) is 0 Å². The zero-order chi connectivity index (χ0) is 18.7. The summed E-state index contributed by atoms with van der Waals surface area (Å²) in [6.45, 7) is 3.51. The van der Waals surface area contributed by atoms with Gasteiger partial charge in [0.2, 0.25) is 15.3 Å². The average molecular weight is 372 g/mol. The predicted molar refractivity (Wildman–Crippen MR) is 97.0 cm³/mol. The average Bonchev–Trinajstić information content (AvgIpc) is 3.01. The second-order valence-electron chi connectivity index (χ2n) is 5.92. The number of ether oxygens (including phenoxy) is 2. The third-order valence-corrected chi connectivity index (χ3v) is 6.20. The Morgan fingerprint density at radius 3 is 2.19 bits per heavy atom. The lowest BCUT2D eigenvalue weighted by molar-refractivity contribution is -0.138. The van der Waals surface area contributed by atoms with E-state index in [0.29, 0.717) is 5.56 Å². The summed E-state index contributed by atoms with van der Waals surface area (Å²) in [5, 5.41) is 0. The molecule has 0 radical (unpaired) electrons. The van der Waals surface area contributed by atoms with Crippen molar-refractivity contribution in [2.75, 3.05) is 6.61 Å². The summed E-state index contributed by atoms with van der Waals surface area (Å²) >= 11 is 0. The zero-order valence-corrected chi connectivity index (χ0v) is 15.4. The third kappa shape index (κ3) is 3.24. The molecule has 2 aromatic carbocycles. The van der Waals surface area contributed by atoms with E-state index < -0.39 is 27.2 Å². The predicted octanol–water partition coefficient (Wildman–Crippen LogP) is 3.44. The number of sulfone groups is 1. The molecule has 0 aliphatic carbocycles. The number of hydrogen-bond donors (Lipinski definition) is 0. The molecular formula is C20H20O5S. The summed E-state index contributed by atoms with van der Waals surface area (Å²) in [6, 6.07) is 17.1. The van der Waals surface area contributed by atoms with E-state index in [0.717, 1.165) is 0 Å². The fraction of sp³-hybridized carbons (Fsp3) is 0.250. The molecule has 0 saturated heterocycles. The van der Waals surface area contributed by atoms with Crippen molar-refractivity contribution in [3.05, 3.63) is 77.6 Å². The molecule has 0 spiro atoms. The lowest BCUT2D eigenvalue weighted by atomic mass is 9.92. The molecule has 26 heavy (non-hydrogen) atoms. The van der Waals surface area contributed by atoms with Crippen LogP contribution in [0.4, 0.5) is 0 Å². The summed E-state index contributed by atoms with van der Waals surface area (Å²) in [5.41, 5.74) is -0.272. The van der Waals surface area contributed by atoms with Crippen LogP contribution in [0.1, 0.15) is 25.3 Å². The lowest BCUT2D eigenvalue weighted by Crippen LogP contribution is -2.29. The van der Waals surface area contributed by atoms with E-state index >= 15 is 0 Å². The van der Waals surface area contributed by atoms with Crippen LogP contribution in [0.2, 0.25) is 0 Å². The van der Waals surface area contributed by atoms with Gasteiger partial charge in [0, 0.05) is 0 Å². The van der Waals surface area contributed by atoms with Gasteiger partial charge in [-0.1, -0.05) is 48.5 Å². The number of allylic oxidation sites excluding steroid dienone is 1. The molecule has 3 rings (SSSR count). The Labute approximate surface area is 153 Å². The van der Waals surface area contributed by atoms with Gasteiger partial charge in [-0.25, -0.2) is 13.2 Å². The number of hydrogen-bond acceptors (Lipinski definition) is 5. The first kappa shape index (κ1) is 18.2. The number of carbonyl (C=O) groups is 1. The van der Waals surface area contributed by atoms with Gasteiger partial charge in [0.05, 0.1) is 23.0 Å². The minimum atomic E-state index is -3.82. The molecule has 0 unspecified atom stereocenters. The number of carbonyl (C=O) groups excluding carboxylic acids is 1. The summed E-state index contributed by atoms with van der Waals surface area (Å²) < 4.78 is 37.2. The van der Waals surface area contributed by atoms with Crippen LogP contribution >= 0.6 is 0 Å². The second kappa shape index (κ2) is 7.33. The molecule has 2 aromatic rings. The van der Waals surface area contributed by atoms with Gasteiger partial charge < -0.3 is 9.47 Å². The van der Waals surface area contributed by atoms with Crippen LogP contribution in [0, 0.1) is 0 Å². The smallest absolute Gasteiger partial charge is 0.338 e. The minimum Gasteiger partial charge on any atom is -0.477 e. The van der Waals surface area contributed by atoms with Gasteiger partial charge in [-0.2, -0.15) is 0 Å². The van der Waals surface area contributed by atoms with Crippen molar-refractivity contribution in [2.45, 2.75) is 30.1 Å². The molecule has 5 nitrogen and oxygen atoms in total. The molecule has 2 atom stereocenters. The molecule has 1 aliphatic rings. The molecule has 0 amide bonds. The first-order valence-electron chi connectivity index (χ1n) is 8.35. The van der Waals surface area contributed by atoms with E-state index in [1.807, 2.05) is 6.07 Å². The maximum Gasteiger partial charge on any atom is 0.338 e. The van der Waals surface area contributed by atoms with Crippen LogP contribution in [-0.2, 0) is 24.1 Å². The van der Waals surface area contributed by atoms with Gasteiger partial charge in [0.25, 0.3) is 0 Å². The van der Waals surface area contributed by atoms with E-state index in [9.17, 15) is 13.2 Å².